The van der Waals surface area contributed by atoms with E-state index in [1.165, 1.54) is 0 Å². The smallest absolute Gasteiger partial charge is 0.157 e. The first-order valence-electron chi connectivity index (χ1n) is 5.94. The Kier molecular flexibility index (Phi) is 3.10. The van der Waals surface area contributed by atoms with Crippen molar-refractivity contribution in [1.29, 1.82) is 0 Å². The fourth-order valence-corrected chi connectivity index (χ4v) is 2.76. The third-order valence-corrected chi connectivity index (χ3v) is 3.67. The predicted octanol–water partition coefficient (Wildman–Crippen LogP) is 2.59. The Morgan fingerprint density at radius 1 is 1.12 bits per heavy atom. The van der Waals surface area contributed by atoms with Gasteiger partial charge in [-0.1, -0.05) is 36.8 Å². The number of benzene rings is 1. The summed E-state index contributed by atoms with van der Waals surface area (Å²) >= 11 is 0. The molecule has 1 aromatic carbocycles. The van der Waals surface area contributed by atoms with Gasteiger partial charge in [0.25, 0.3) is 0 Å². The van der Waals surface area contributed by atoms with E-state index in [-0.39, 0.29) is 5.54 Å². The molecule has 16 heavy (non-hydrogen) atoms. The first-order chi connectivity index (χ1) is 7.68. The van der Waals surface area contributed by atoms with Gasteiger partial charge >= 0.3 is 0 Å². The van der Waals surface area contributed by atoms with Gasteiger partial charge in [-0.25, -0.2) is 0 Å². The molecule has 1 unspecified atom stereocenters. The van der Waals surface area contributed by atoms with Crippen molar-refractivity contribution in [3.05, 3.63) is 35.9 Å². The molecular formula is C14H19NO. The summed E-state index contributed by atoms with van der Waals surface area (Å²) in [5.41, 5.74) is 0.768. The molecule has 2 rings (SSSR count). The van der Waals surface area contributed by atoms with Crippen molar-refractivity contribution in [1.82, 2.24) is 4.90 Å². The highest BCUT2D eigenvalue weighted by molar-refractivity contribution is 5.90. The Hall–Kier alpha value is -1.15. The molecule has 0 saturated heterocycles. The summed E-state index contributed by atoms with van der Waals surface area (Å²) in [6.45, 7) is 0. The van der Waals surface area contributed by atoms with E-state index in [1.807, 2.05) is 32.3 Å². The molecule has 1 aliphatic rings. The number of ketones is 1. The van der Waals surface area contributed by atoms with E-state index in [9.17, 15) is 4.79 Å². The van der Waals surface area contributed by atoms with Crippen LogP contribution in [0.25, 0.3) is 0 Å². The Balaban J connectivity index is 2.47. The second kappa shape index (κ2) is 4.38. The predicted molar refractivity (Wildman–Crippen MR) is 65.3 cm³/mol. The second-order valence-electron chi connectivity index (χ2n) is 4.75. The lowest BCUT2D eigenvalue weighted by Crippen LogP contribution is -2.50. The number of Topliss-reactive ketones (excluding diaryl/α,β-unsaturated/α-hetero) is 1. The van der Waals surface area contributed by atoms with Crippen LogP contribution in [0.2, 0.25) is 0 Å². The van der Waals surface area contributed by atoms with Crippen LogP contribution in [-0.4, -0.2) is 24.8 Å². The lowest BCUT2D eigenvalue weighted by molar-refractivity contribution is -0.133. The number of carbonyl (C=O) groups excluding carboxylic acids is 1. The van der Waals surface area contributed by atoms with Crippen LogP contribution in [0.5, 0.6) is 0 Å². The van der Waals surface area contributed by atoms with Crippen LogP contribution < -0.4 is 0 Å². The monoisotopic (exact) mass is 217 g/mol. The van der Waals surface area contributed by atoms with Gasteiger partial charge in [-0.3, -0.25) is 9.69 Å². The van der Waals surface area contributed by atoms with Crippen molar-refractivity contribution in [2.75, 3.05) is 14.1 Å². The summed E-state index contributed by atoms with van der Waals surface area (Å²) in [6.07, 6.45) is 3.84. The van der Waals surface area contributed by atoms with Crippen molar-refractivity contribution in [3.8, 4) is 0 Å². The lowest BCUT2D eigenvalue weighted by atomic mass is 9.74. The topological polar surface area (TPSA) is 20.3 Å². The molecule has 1 fully saturated rings. The second-order valence-corrected chi connectivity index (χ2v) is 4.75. The van der Waals surface area contributed by atoms with Crippen molar-refractivity contribution >= 4 is 5.78 Å². The van der Waals surface area contributed by atoms with Crippen molar-refractivity contribution in [2.45, 2.75) is 31.2 Å². The number of hydrogen-bond acceptors (Lipinski definition) is 2. The minimum Gasteiger partial charge on any atom is -0.297 e. The molecule has 2 heteroatoms. The number of carbonyl (C=O) groups is 1. The third-order valence-electron chi connectivity index (χ3n) is 3.67. The lowest BCUT2D eigenvalue weighted by Gasteiger charge is -2.41. The van der Waals surface area contributed by atoms with Crippen molar-refractivity contribution in [3.63, 3.8) is 0 Å². The maximum atomic E-state index is 12.3. The average molecular weight is 217 g/mol. The zero-order valence-corrected chi connectivity index (χ0v) is 10.1. The maximum absolute atomic E-state index is 12.3. The summed E-state index contributed by atoms with van der Waals surface area (Å²) in [4.78, 5) is 14.4. The first-order valence-corrected chi connectivity index (χ1v) is 5.94. The van der Waals surface area contributed by atoms with Gasteiger partial charge in [0, 0.05) is 6.42 Å². The highest BCUT2D eigenvalue weighted by atomic mass is 16.1. The highest BCUT2D eigenvalue weighted by Crippen LogP contribution is 2.38. The fraction of sp³-hybridized carbons (Fsp3) is 0.500. The zero-order valence-electron chi connectivity index (χ0n) is 10.1. The van der Waals surface area contributed by atoms with Gasteiger partial charge in [-0.05, 0) is 32.5 Å². The van der Waals surface area contributed by atoms with E-state index in [0.717, 1.165) is 24.8 Å². The van der Waals surface area contributed by atoms with Crippen molar-refractivity contribution < 1.29 is 4.79 Å². The molecule has 2 nitrogen and oxygen atoms in total. The molecule has 0 aromatic heterocycles. The Morgan fingerprint density at radius 3 is 2.38 bits per heavy atom. The Labute approximate surface area is 97.3 Å². The van der Waals surface area contributed by atoms with E-state index < -0.39 is 0 Å². The summed E-state index contributed by atoms with van der Waals surface area (Å²) in [6, 6.07) is 10.2. The summed E-state index contributed by atoms with van der Waals surface area (Å²) in [5.74, 6) is 0.370. The van der Waals surface area contributed by atoms with Crippen LogP contribution in [0.15, 0.2) is 30.3 Å². The molecule has 86 valence electrons. The molecule has 0 heterocycles. The summed E-state index contributed by atoms with van der Waals surface area (Å²) in [7, 11) is 4.02. The number of hydrogen-bond donors (Lipinski definition) is 0. The van der Waals surface area contributed by atoms with Crippen LogP contribution in [0.4, 0.5) is 0 Å². The van der Waals surface area contributed by atoms with Gasteiger partial charge in [0.1, 0.15) is 5.54 Å². The van der Waals surface area contributed by atoms with E-state index in [0.29, 0.717) is 12.2 Å². The van der Waals surface area contributed by atoms with Crippen LogP contribution in [0.3, 0.4) is 0 Å². The average Bonchev–Trinajstić information content (AvgIpc) is 2.30. The van der Waals surface area contributed by atoms with Crippen LogP contribution in [0.1, 0.15) is 31.2 Å². The van der Waals surface area contributed by atoms with Crippen LogP contribution in [0, 0.1) is 0 Å². The molecule has 0 bridgehead atoms. The van der Waals surface area contributed by atoms with E-state index in [4.69, 9.17) is 0 Å². The number of rotatable bonds is 2. The highest BCUT2D eigenvalue weighted by Gasteiger charge is 2.42. The molecule has 0 radical (unpaired) electrons. The SMILES string of the molecule is CN(C)C1(c2ccccc2)CCCCC1=O. The molecule has 0 amide bonds. The molecule has 1 saturated carbocycles. The van der Waals surface area contributed by atoms with Gasteiger partial charge < -0.3 is 0 Å². The molecule has 0 spiro atoms. The fourth-order valence-electron chi connectivity index (χ4n) is 2.76. The van der Waals surface area contributed by atoms with Crippen molar-refractivity contribution in [2.24, 2.45) is 0 Å². The molecule has 1 atom stereocenters. The standard InChI is InChI=1S/C14H19NO/c1-15(2)14(11-7-6-10-13(14)16)12-8-4-3-5-9-12/h3-5,8-9H,6-7,10-11H2,1-2H3. The normalized spacial score (nSPS) is 26.1. The van der Waals surface area contributed by atoms with E-state index in [1.54, 1.807) is 0 Å². The quantitative estimate of drug-likeness (QED) is 0.759. The van der Waals surface area contributed by atoms with E-state index in [2.05, 4.69) is 17.0 Å². The van der Waals surface area contributed by atoms with Gasteiger partial charge in [-0.15, -0.1) is 0 Å². The number of nitrogens with zero attached hydrogens (tertiary/aromatic N) is 1. The Morgan fingerprint density at radius 2 is 1.81 bits per heavy atom. The molecule has 1 aromatic rings. The third kappa shape index (κ3) is 1.67. The van der Waals surface area contributed by atoms with Gasteiger partial charge in [0.15, 0.2) is 5.78 Å². The van der Waals surface area contributed by atoms with Gasteiger partial charge in [0.2, 0.25) is 0 Å². The maximum Gasteiger partial charge on any atom is 0.157 e. The molecule has 0 aliphatic heterocycles. The van der Waals surface area contributed by atoms with Gasteiger partial charge in [0.05, 0.1) is 0 Å². The minimum absolute atomic E-state index is 0.370. The van der Waals surface area contributed by atoms with Crippen LogP contribution in [-0.2, 0) is 10.3 Å². The summed E-state index contributed by atoms with van der Waals surface area (Å²) in [5, 5.41) is 0. The van der Waals surface area contributed by atoms with E-state index >= 15 is 0 Å². The minimum atomic E-state index is -0.375. The summed E-state index contributed by atoms with van der Waals surface area (Å²) < 4.78 is 0. The molecular weight excluding hydrogens is 198 g/mol. The molecule has 1 aliphatic carbocycles. The van der Waals surface area contributed by atoms with Gasteiger partial charge in [-0.2, -0.15) is 0 Å². The van der Waals surface area contributed by atoms with Crippen LogP contribution >= 0.6 is 0 Å². The molecule has 0 N–H and O–H groups in total. The Bertz CT molecular complexity index is 372. The zero-order chi connectivity index (χ0) is 11.6. The largest absolute Gasteiger partial charge is 0.297 e. The first kappa shape index (κ1) is 11.3. The number of likely N-dealkylation sites (N-methyl/N-ethyl adjacent to an activating group) is 1.